The van der Waals surface area contributed by atoms with E-state index >= 15 is 0 Å². The summed E-state index contributed by atoms with van der Waals surface area (Å²) in [5.41, 5.74) is 1.93. The molecule has 0 atom stereocenters. The number of benzene rings is 2. The monoisotopic (exact) mass is 310 g/mol. The molecule has 1 aliphatic rings. The van der Waals surface area contributed by atoms with E-state index in [1.165, 1.54) is 19.1 Å². The average Bonchev–Trinajstić information content (AvgIpc) is 3.10. The third-order valence-electron chi connectivity index (χ3n) is 4.27. The Morgan fingerprint density at radius 1 is 1.13 bits per heavy atom. The first kappa shape index (κ1) is 17.2. The molecule has 2 N–H and O–H groups in total. The first-order valence-corrected chi connectivity index (χ1v) is 8.58. The van der Waals surface area contributed by atoms with Crippen LogP contribution < -0.4 is 5.32 Å². The van der Waals surface area contributed by atoms with E-state index in [2.05, 4.69) is 5.32 Å². The zero-order valence-electron chi connectivity index (χ0n) is 14.1. The summed E-state index contributed by atoms with van der Waals surface area (Å²) in [7, 11) is 0. The Bertz CT molecular complexity index is 672. The number of nitrogens with one attached hydrogen (secondary N) is 2. The van der Waals surface area contributed by atoms with Crippen LogP contribution in [0, 0.1) is 5.41 Å². The van der Waals surface area contributed by atoms with Gasteiger partial charge in [0.1, 0.15) is 0 Å². The van der Waals surface area contributed by atoms with E-state index in [1.54, 1.807) is 0 Å². The molecule has 3 rings (SSSR count). The highest BCUT2D eigenvalue weighted by molar-refractivity contribution is 6.01. The van der Waals surface area contributed by atoms with Gasteiger partial charge in [-0.2, -0.15) is 0 Å². The van der Waals surface area contributed by atoms with Crippen LogP contribution >= 0.6 is 0 Å². The van der Waals surface area contributed by atoms with Crippen molar-refractivity contribution in [1.82, 2.24) is 5.32 Å². The second-order valence-corrected chi connectivity index (χ2v) is 5.73. The molecule has 122 valence electrons. The van der Waals surface area contributed by atoms with Crippen LogP contribution in [-0.2, 0) is 11.2 Å². The molecule has 2 aromatic carbocycles. The lowest BCUT2D eigenvalue weighted by Gasteiger charge is -2.13. The lowest BCUT2D eigenvalue weighted by atomic mass is 9.98. The molecule has 1 saturated carbocycles. The van der Waals surface area contributed by atoms with E-state index in [0.717, 1.165) is 34.7 Å². The highest BCUT2D eigenvalue weighted by Gasteiger charge is 2.17. The fraction of sp³-hybridized carbons (Fsp3) is 0.400. The maximum Gasteiger partial charge on any atom is 0.224 e. The van der Waals surface area contributed by atoms with Gasteiger partial charge in [-0.05, 0) is 34.7 Å². The van der Waals surface area contributed by atoms with Crippen molar-refractivity contribution >= 4 is 22.9 Å². The molecule has 3 heteroatoms. The summed E-state index contributed by atoms with van der Waals surface area (Å²) in [6.07, 6.45) is 6.45. The van der Waals surface area contributed by atoms with Crippen molar-refractivity contribution in [2.75, 3.05) is 0 Å². The summed E-state index contributed by atoms with van der Waals surface area (Å²) in [6.45, 7) is 4.00. The van der Waals surface area contributed by atoms with Crippen molar-refractivity contribution in [3.63, 3.8) is 0 Å². The first-order valence-electron chi connectivity index (χ1n) is 8.58. The predicted molar refractivity (Wildman–Crippen MR) is 97.3 cm³/mol. The van der Waals surface area contributed by atoms with E-state index < -0.39 is 0 Å². The molecular weight excluding hydrogens is 284 g/mol. The van der Waals surface area contributed by atoms with E-state index in [0.29, 0.717) is 12.5 Å². The van der Waals surface area contributed by atoms with Gasteiger partial charge in [0.15, 0.2) is 0 Å². The van der Waals surface area contributed by atoms with Gasteiger partial charge >= 0.3 is 0 Å². The Kier molecular flexibility index (Phi) is 6.33. The Morgan fingerprint density at radius 2 is 1.78 bits per heavy atom. The van der Waals surface area contributed by atoms with Crippen LogP contribution in [0.1, 0.15) is 50.7 Å². The topological polar surface area (TPSA) is 53.0 Å². The molecule has 3 nitrogen and oxygen atoms in total. The molecule has 0 aromatic heterocycles. The van der Waals surface area contributed by atoms with Gasteiger partial charge in [0, 0.05) is 12.3 Å². The van der Waals surface area contributed by atoms with Crippen molar-refractivity contribution in [3.05, 3.63) is 47.5 Å². The van der Waals surface area contributed by atoms with Crippen LogP contribution in [-0.4, -0.2) is 18.2 Å². The Morgan fingerprint density at radius 3 is 2.43 bits per heavy atom. The van der Waals surface area contributed by atoms with Gasteiger partial charge in [-0.25, -0.2) is 0 Å². The second kappa shape index (κ2) is 8.47. The standard InChI is InChI=1S/C18H20N2O.C2H6/c19-12-14-10-9-13(16-7-3-4-8-17(14)16)11-18(21)20-15-5-1-2-6-15;1-2/h3-4,7-10,12,15,19H,1-2,5-6,11H2,(H,20,21);1-2H3. The number of hydrogen-bond acceptors (Lipinski definition) is 2. The van der Waals surface area contributed by atoms with E-state index in [1.807, 2.05) is 50.2 Å². The van der Waals surface area contributed by atoms with Gasteiger partial charge in [-0.3, -0.25) is 4.79 Å². The quantitative estimate of drug-likeness (QED) is 0.805. The summed E-state index contributed by atoms with van der Waals surface area (Å²) in [6, 6.07) is 12.2. The normalized spacial score (nSPS) is 14.2. The predicted octanol–water partition coefficient (Wildman–Crippen LogP) is 4.46. The second-order valence-electron chi connectivity index (χ2n) is 5.73. The maximum atomic E-state index is 12.2. The molecule has 1 fully saturated rings. The van der Waals surface area contributed by atoms with Gasteiger partial charge in [0.25, 0.3) is 0 Å². The molecule has 0 unspecified atom stereocenters. The third kappa shape index (κ3) is 4.19. The van der Waals surface area contributed by atoms with E-state index in [4.69, 9.17) is 5.41 Å². The molecule has 0 heterocycles. The zero-order valence-corrected chi connectivity index (χ0v) is 14.1. The summed E-state index contributed by atoms with van der Waals surface area (Å²) < 4.78 is 0. The molecule has 0 radical (unpaired) electrons. The molecule has 23 heavy (non-hydrogen) atoms. The Hall–Kier alpha value is -2.16. The Balaban J connectivity index is 0.000000924. The number of carbonyl (C=O) groups excluding carboxylic acids is 1. The van der Waals surface area contributed by atoms with Gasteiger partial charge in [-0.1, -0.05) is 63.1 Å². The molecule has 0 aliphatic heterocycles. The molecule has 0 spiro atoms. The molecule has 1 aliphatic carbocycles. The molecular formula is C20H26N2O. The van der Waals surface area contributed by atoms with E-state index in [-0.39, 0.29) is 5.91 Å². The molecule has 1 amide bonds. The number of carbonyl (C=O) groups is 1. The van der Waals surface area contributed by atoms with Gasteiger partial charge in [0.05, 0.1) is 6.42 Å². The maximum absolute atomic E-state index is 12.2. The Labute approximate surface area is 138 Å². The van der Waals surface area contributed by atoms with Crippen LogP contribution in [0.5, 0.6) is 0 Å². The SMILES string of the molecule is CC.N=Cc1ccc(CC(=O)NC2CCCC2)c2ccccc12. The highest BCUT2D eigenvalue weighted by Crippen LogP contribution is 2.23. The van der Waals surface area contributed by atoms with Crippen molar-refractivity contribution in [1.29, 1.82) is 5.41 Å². The number of hydrogen-bond donors (Lipinski definition) is 2. The van der Waals surface area contributed by atoms with Gasteiger partial charge < -0.3 is 10.7 Å². The van der Waals surface area contributed by atoms with Crippen molar-refractivity contribution < 1.29 is 4.79 Å². The fourth-order valence-electron chi connectivity index (χ4n) is 3.19. The molecule has 0 bridgehead atoms. The van der Waals surface area contributed by atoms with Crippen LogP contribution in [0.4, 0.5) is 0 Å². The third-order valence-corrected chi connectivity index (χ3v) is 4.27. The molecule has 2 aromatic rings. The zero-order chi connectivity index (χ0) is 16.7. The van der Waals surface area contributed by atoms with Gasteiger partial charge in [0.2, 0.25) is 5.91 Å². The first-order chi connectivity index (χ1) is 11.3. The lowest BCUT2D eigenvalue weighted by Crippen LogP contribution is -2.33. The summed E-state index contributed by atoms with van der Waals surface area (Å²) in [5, 5.41) is 12.7. The number of amides is 1. The van der Waals surface area contributed by atoms with Crippen molar-refractivity contribution in [2.24, 2.45) is 0 Å². The van der Waals surface area contributed by atoms with Crippen LogP contribution in [0.3, 0.4) is 0 Å². The highest BCUT2D eigenvalue weighted by atomic mass is 16.1. The van der Waals surface area contributed by atoms with Crippen molar-refractivity contribution in [3.8, 4) is 0 Å². The minimum atomic E-state index is 0.106. The largest absolute Gasteiger partial charge is 0.353 e. The number of fused-ring (bicyclic) bond motifs is 1. The van der Waals surface area contributed by atoms with Gasteiger partial charge in [-0.15, -0.1) is 0 Å². The minimum Gasteiger partial charge on any atom is -0.353 e. The number of rotatable bonds is 4. The average molecular weight is 310 g/mol. The van der Waals surface area contributed by atoms with Crippen molar-refractivity contribution in [2.45, 2.75) is 52.0 Å². The van der Waals surface area contributed by atoms with E-state index in [9.17, 15) is 4.79 Å². The minimum absolute atomic E-state index is 0.106. The fourth-order valence-corrected chi connectivity index (χ4v) is 3.19. The van der Waals surface area contributed by atoms with Crippen LogP contribution in [0.2, 0.25) is 0 Å². The van der Waals surface area contributed by atoms with Crippen LogP contribution in [0.25, 0.3) is 10.8 Å². The smallest absolute Gasteiger partial charge is 0.224 e. The lowest BCUT2D eigenvalue weighted by molar-refractivity contribution is -0.121. The summed E-state index contributed by atoms with van der Waals surface area (Å²) >= 11 is 0. The molecule has 0 saturated heterocycles. The summed E-state index contributed by atoms with van der Waals surface area (Å²) in [4.78, 5) is 12.2. The summed E-state index contributed by atoms with van der Waals surface area (Å²) in [5.74, 6) is 0.106. The van der Waals surface area contributed by atoms with Crippen LogP contribution in [0.15, 0.2) is 36.4 Å².